The molecule has 0 aliphatic carbocycles. The van der Waals surface area contributed by atoms with Crippen LogP contribution in [0.5, 0.6) is 5.75 Å². The van der Waals surface area contributed by atoms with Crippen molar-refractivity contribution in [3.8, 4) is 5.75 Å². The first-order valence-corrected chi connectivity index (χ1v) is 15.1. The highest BCUT2D eigenvalue weighted by atomic mass is 16.3. The lowest BCUT2D eigenvalue weighted by Crippen LogP contribution is -2.59. The standard InChI is InChI=1S/C32H42N8O7/c1-3-17(2)28(40-27(43)16-37-30(45)22(33)14-26(34)42)32(47)39-25(13-19-15-36-23-7-5-4-6-21(19)23)31(46)38-24(29(35)44)12-18-8-10-20(41)11-9-18/h4-11,15,17,22,24-25,28,36,41H,3,12-14,16,33H2,1-2H3,(H2,34,42)(H2,35,44)(H,37,45)(H,38,46)(H,39,47)(H,40,43). The largest absolute Gasteiger partial charge is 0.508 e. The zero-order chi connectivity index (χ0) is 34.7. The smallest absolute Gasteiger partial charge is 0.243 e. The molecule has 6 amide bonds. The number of nitrogens with one attached hydrogen (secondary N) is 5. The van der Waals surface area contributed by atoms with Gasteiger partial charge in [-0.3, -0.25) is 28.8 Å². The van der Waals surface area contributed by atoms with Gasteiger partial charge >= 0.3 is 0 Å². The molecule has 2 aromatic carbocycles. The van der Waals surface area contributed by atoms with Crippen molar-refractivity contribution >= 4 is 46.3 Å². The number of phenolic OH excluding ortho intramolecular Hbond substituents is 1. The number of hydrogen-bond acceptors (Lipinski definition) is 8. The first-order valence-electron chi connectivity index (χ1n) is 15.1. The van der Waals surface area contributed by atoms with Crippen LogP contribution in [0.25, 0.3) is 10.9 Å². The summed E-state index contributed by atoms with van der Waals surface area (Å²) < 4.78 is 0. The molecular formula is C32H42N8O7. The van der Waals surface area contributed by atoms with E-state index < -0.39 is 78.5 Å². The van der Waals surface area contributed by atoms with Gasteiger partial charge in [0.25, 0.3) is 0 Å². The molecule has 5 unspecified atom stereocenters. The highest BCUT2D eigenvalue weighted by Gasteiger charge is 2.32. The number of amides is 6. The number of nitrogens with two attached hydrogens (primary N) is 3. The van der Waals surface area contributed by atoms with Crippen molar-refractivity contribution < 1.29 is 33.9 Å². The average Bonchev–Trinajstić information content (AvgIpc) is 3.44. The molecule has 0 fully saturated rings. The number of phenols is 1. The number of hydrogen-bond donors (Lipinski definition) is 9. The van der Waals surface area contributed by atoms with Gasteiger partial charge in [0.15, 0.2) is 0 Å². The topological polar surface area (TPSA) is 265 Å². The van der Waals surface area contributed by atoms with Crippen LogP contribution < -0.4 is 38.5 Å². The molecule has 0 saturated carbocycles. The van der Waals surface area contributed by atoms with Crippen LogP contribution >= 0.6 is 0 Å². The van der Waals surface area contributed by atoms with E-state index in [2.05, 4.69) is 26.3 Å². The van der Waals surface area contributed by atoms with Crippen LogP contribution in [0.4, 0.5) is 0 Å². The van der Waals surface area contributed by atoms with Gasteiger partial charge in [0.1, 0.15) is 23.9 Å². The second kappa shape index (κ2) is 16.7. The van der Waals surface area contributed by atoms with Gasteiger partial charge in [0.2, 0.25) is 35.4 Å². The maximum Gasteiger partial charge on any atom is 0.243 e. The third-order valence-electron chi connectivity index (χ3n) is 7.76. The molecule has 47 heavy (non-hydrogen) atoms. The fourth-order valence-corrected chi connectivity index (χ4v) is 4.89. The Morgan fingerprint density at radius 2 is 1.51 bits per heavy atom. The maximum absolute atomic E-state index is 13.7. The van der Waals surface area contributed by atoms with Crippen molar-refractivity contribution in [2.45, 2.75) is 63.7 Å². The summed E-state index contributed by atoms with van der Waals surface area (Å²) in [4.78, 5) is 78.9. The minimum absolute atomic E-state index is 0.0290. The van der Waals surface area contributed by atoms with Crippen LogP contribution in [0, 0.1) is 5.92 Å². The molecule has 3 rings (SSSR count). The molecule has 5 atom stereocenters. The molecule has 3 aromatic rings. The molecule has 0 saturated heterocycles. The Morgan fingerprint density at radius 1 is 0.851 bits per heavy atom. The first-order chi connectivity index (χ1) is 22.3. The van der Waals surface area contributed by atoms with Crippen molar-refractivity contribution in [1.82, 2.24) is 26.3 Å². The van der Waals surface area contributed by atoms with Gasteiger partial charge in [-0.25, -0.2) is 0 Å². The van der Waals surface area contributed by atoms with Crippen molar-refractivity contribution in [1.29, 1.82) is 0 Å². The lowest BCUT2D eigenvalue weighted by Gasteiger charge is -2.27. The zero-order valence-electron chi connectivity index (χ0n) is 26.2. The minimum Gasteiger partial charge on any atom is -0.508 e. The Kier molecular flexibility index (Phi) is 12.8. The number of aromatic hydroxyl groups is 1. The van der Waals surface area contributed by atoms with Gasteiger partial charge in [0.05, 0.1) is 19.0 Å². The number of rotatable bonds is 17. The van der Waals surface area contributed by atoms with E-state index in [1.165, 1.54) is 12.1 Å². The molecule has 0 spiro atoms. The third kappa shape index (κ3) is 10.6. The van der Waals surface area contributed by atoms with E-state index in [9.17, 15) is 33.9 Å². The SMILES string of the molecule is CCC(C)C(NC(=O)CNC(=O)C(N)CC(N)=O)C(=O)NC(Cc1c[nH]c2ccccc12)C(=O)NC(Cc1ccc(O)cc1)C(N)=O. The number of aromatic nitrogens is 1. The fraction of sp³-hybridized carbons (Fsp3) is 0.375. The van der Waals surface area contributed by atoms with Gasteiger partial charge in [-0.1, -0.05) is 50.6 Å². The number of fused-ring (bicyclic) bond motifs is 1. The lowest BCUT2D eigenvalue weighted by atomic mass is 9.96. The summed E-state index contributed by atoms with van der Waals surface area (Å²) in [7, 11) is 0. The van der Waals surface area contributed by atoms with E-state index in [4.69, 9.17) is 17.2 Å². The van der Waals surface area contributed by atoms with Gasteiger partial charge in [0, 0.05) is 29.9 Å². The van der Waals surface area contributed by atoms with E-state index in [-0.39, 0.29) is 18.6 Å². The van der Waals surface area contributed by atoms with Crippen LogP contribution in [-0.2, 0) is 41.6 Å². The predicted octanol–water partition coefficient (Wildman–Crippen LogP) is -1.04. The Labute approximate surface area is 271 Å². The Balaban J connectivity index is 1.81. The summed E-state index contributed by atoms with van der Waals surface area (Å²) in [5.41, 5.74) is 18.5. The van der Waals surface area contributed by atoms with Crippen LogP contribution in [0.15, 0.2) is 54.7 Å². The van der Waals surface area contributed by atoms with E-state index >= 15 is 0 Å². The minimum atomic E-state index is -1.24. The fourth-order valence-electron chi connectivity index (χ4n) is 4.89. The van der Waals surface area contributed by atoms with Gasteiger partial charge in [-0.15, -0.1) is 0 Å². The molecule has 252 valence electrons. The Hall–Kier alpha value is -5.44. The third-order valence-corrected chi connectivity index (χ3v) is 7.76. The summed E-state index contributed by atoms with van der Waals surface area (Å²) in [6.07, 6.45) is 1.86. The summed E-state index contributed by atoms with van der Waals surface area (Å²) >= 11 is 0. The lowest BCUT2D eigenvalue weighted by molar-refractivity contribution is -0.134. The molecule has 0 aliphatic rings. The molecule has 0 aliphatic heterocycles. The molecule has 0 bridgehead atoms. The van der Waals surface area contributed by atoms with Gasteiger partial charge in [-0.2, -0.15) is 0 Å². The van der Waals surface area contributed by atoms with Crippen molar-refractivity contribution in [2.24, 2.45) is 23.1 Å². The maximum atomic E-state index is 13.7. The molecule has 0 radical (unpaired) electrons. The van der Waals surface area contributed by atoms with Crippen LogP contribution in [0.2, 0.25) is 0 Å². The molecule has 15 heteroatoms. The number of para-hydroxylation sites is 1. The zero-order valence-corrected chi connectivity index (χ0v) is 26.2. The van der Waals surface area contributed by atoms with E-state index in [1.54, 1.807) is 25.3 Å². The molecule has 15 nitrogen and oxygen atoms in total. The summed E-state index contributed by atoms with van der Waals surface area (Å²) in [6, 6.07) is 8.81. The Bertz CT molecular complexity index is 1590. The number of benzene rings is 2. The van der Waals surface area contributed by atoms with Crippen molar-refractivity contribution in [3.05, 3.63) is 65.9 Å². The van der Waals surface area contributed by atoms with Crippen molar-refractivity contribution in [3.63, 3.8) is 0 Å². The van der Waals surface area contributed by atoms with Crippen LogP contribution in [0.3, 0.4) is 0 Å². The number of H-pyrrole nitrogens is 1. The van der Waals surface area contributed by atoms with Crippen LogP contribution in [-0.4, -0.2) is 76.2 Å². The normalized spacial score (nSPS) is 14.2. The van der Waals surface area contributed by atoms with Crippen molar-refractivity contribution in [2.75, 3.05) is 6.54 Å². The molecular weight excluding hydrogens is 608 g/mol. The van der Waals surface area contributed by atoms with E-state index in [0.29, 0.717) is 17.5 Å². The summed E-state index contributed by atoms with van der Waals surface area (Å²) in [5, 5.41) is 20.7. The van der Waals surface area contributed by atoms with Gasteiger partial charge in [-0.05, 0) is 35.2 Å². The monoisotopic (exact) mass is 650 g/mol. The summed E-state index contributed by atoms with van der Waals surface area (Å²) in [6.45, 7) is 3.03. The molecule has 1 heterocycles. The Morgan fingerprint density at radius 3 is 2.15 bits per heavy atom. The van der Waals surface area contributed by atoms with E-state index in [0.717, 1.165) is 10.9 Å². The quantitative estimate of drug-likeness (QED) is 0.0869. The first kappa shape index (κ1) is 36.0. The molecule has 12 N–H and O–H groups in total. The predicted molar refractivity (Wildman–Crippen MR) is 173 cm³/mol. The second-order valence-corrected chi connectivity index (χ2v) is 11.4. The van der Waals surface area contributed by atoms with Crippen LogP contribution in [0.1, 0.15) is 37.8 Å². The van der Waals surface area contributed by atoms with Gasteiger partial charge < -0.3 is 48.6 Å². The highest BCUT2D eigenvalue weighted by molar-refractivity contribution is 5.96. The number of primary amides is 2. The van der Waals surface area contributed by atoms with E-state index in [1.807, 2.05) is 31.2 Å². The molecule has 1 aromatic heterocycles. The number of carbonyl (C=O) groups is 6. The number of aromatic amines is 1. The second-order valence-electron chi connectivity index (χ2n) is 11.4. The highest BCUT2D eigenvalue weighted by Crippen LogP contribution is 2.20. The summed E-state index contributed by atoms with van der Waals surface area (Å²) in [5.74, 6) is -4.76. The number of carbonyl (C=O) groups excluding carboxylic acids is 6. The average molecular weight is 651 g/mol.